The van der Waals surface area contributed by atoms with Crippen LogP contribution >= 0.6 is 0 Å². The third-order valence-corrected chi connectivity index (χ3v) is 6.33. The van der Waals surface area contributed by atoms with Crippen LogP contribution in [-0.4, -0.2) is 31.5 Å². The minimum atomic E-state index is -3.43. The minimum absolute atomic E-state index is 0.264. The smallest absolute Gasteiger partial charge is 0.186 e. The molecule has 1 aliphatic carbocycles. The summed E-state index contributed by atoms with van der Waals surface area (Å²) in [5.74, 6) is 1.26. The van der Waals surface area contributed by atoms with Gasteiger partial charge < -0.3 is 9.84 Å². The highest BCUT2D eigenvalue weighted by Gasteiger charge is 2.54. The Morgan fingerprint density at radius 1 is 1.25 bits per heavy atom. The molecule has 0 amide bonds. The van der Waals surface area contributed by atoms with E-state index in [0.717, 1.165) is 6.42 Å². The molecule has 0 atom stereocenters. The summed E-state index contributed by atoms with van der Waals surface area (Å²) in [6, 6.07) is 6.49. The van der Waals surface area contributed by atoms with Crippen molar-refractivity contribution < 1.29 is 18.3 Å². The lowest BCUT2D eigenvalue weighted by Gasteiger charge is -2.14. The maximum absolute atomic E-state index is 12.4. The standard InChI is InChI=1S/C15H22O4S/c1-12(2)7-10-19-13-3-5-14(6-4-13)20(17,18)15(11-16)8-9-15/h3-6,12,16H,7-11H2,1-2H3. The molecule has 1 saturated carbocycles. The summed E-state index contributed by atoms with van der Waals surface area (Å²) in [6.07, 6.45) is 2.05. The van der Waals surface area contributed by atoms with Crippen molar-refractivity contribution in [3.8, 4) is 5.75 Å². The minimum Gasteiger partial charge on any atom is -0.494 e. The molecule has 1 fully saturated rings. The van der Waals surface area contributed by atoms with E-state index in [1.54, 1.807) is 24.3 Å². The molecule has 0 radical (unpaired) electrons. The van der Waals surface area contributed by atoms with Gasteiger partial charge in [0, 0.05) is 0 Å². The summed E-state index contributed by atoms with van der Waals surface area (Å²) in [6.45, 7) is 4.58. The van der Waals surface area contributed by atoms with Gasteiger partial charge in [0.05, 0.1) is 22.9 Å². The van der Waals surface area contributed by atoms with E-state index in [2.05, 4.69) is 13.8 Å². The second-order valence-corrected chi connectivity index (χ2v) is 8.19. The Labute approximate surface area is 120 Å². The van der Waals surface area contributed by atoms with Gasteiger partial charge in [0.25, 0.3) is 0 Å². The first-order valence-electron chi connectivity index (χ1n) is 7.00. The molecule has 5 heteroatoms. The van der Waals surface area contributed by atoms with E-state index in [1.807, 2.05) is 0 Å². The second kappa shape index (κ2) is 5.74. The number of aliphatic hydroxyl groups excluding tert-OH is 1. The normalized spacial score (nSPS) is 17.2. The number of ether oxygens (including phenoxy) is 1. The molecule has 0 unspecified atom stereocenters. The molecule has 0 spiro atoms. The molecule has 2 rings (SSSR count). The summed E-state index contributed by atoms with van der Waals surface area (Å²) >= 11 is 0. The predicted octanol–water partition coefficient (Wildman–Crippen LogP) is 2.41. The highest BCUT2D eigenvalue weighted by atomic mass is 32.2. The van der Waals surface area contributed by atoms with Crippen LogP contribution in [0.2, 0.25) is 0 Å². The van der Waals surface area contributed by atoms with Gasteiger partial charge in [-0.3, -0.25) is 0 Å². The number of rotatable bonds is 7. The molecule has 1 aliphatic rings. The van der Waals surface area contributed by atoms with Crippen LogP contribution in [0.3, 0.4) is 0 Å². The molecule has 1 aromatic carbocycles. The first-order valence-corrected chi connectivity index (χ1v) is 8.48. The third-order valence-electron chi connectivity index (χ3n) is 3.76. The molecule has 1 aromatic rings. The Hall–Kier alpha value is -1.07. The Morgan fingerprint density at radius 2 is 1.85 bits per heavy atom. The monoisotopic (exact) mass is 298 g/mol. The van der Waals surface area contributed by atoms with Crippen LogP contribution in [0, 0.1) is 5.92 Å². The zero-order valence-electron chi connectivity index (χ0n) is 12.0. The highest BCUT2D eigenvalue weighted by Crippen LogP contribution is 2.46. The van der Waals surface area contributed by atoms with Gasteiger partial charge >= 0.3 is 0 Å². The van der Waals surface area contributed by atoms with Crippen molar-refractivity contribution in [3.05, 3.63) is 24.3 Å². The van der Waals surface area contributed by atoms with Gasteiger partial charge in [0.2, 0.25) is 0 Å². The number of benzene rings is 1. The molecule has 4 nitrogen and oxygen atoms in total. The van der Waals surface area contributed by atoms with Crippen LogP contribution in [0.5, 0.6) is 5.75 Å². The largest absolute Gasteiger partial charge is 0.494 e. The summed E-state index contributed by atoms with van der Waals surface area (Å²) in [4.78, 5) is 0.264. The van der Waals surface area contributed by atoms with Crippen molar-refractivity contribution in [1.82, 2.24) is 0 Å². The van der Waals surface area contributed by atoms with Gasteiger partial charge in [0.15, 0.2) is 9.84 Å². The van der Waals surface area contributed by atoms with Crippen molar-refractivity contribution in [2.24, 2.45) is 5.92 Å². The van der Waals surface area contributed by atoms with E-state index in [9.17, 15) is 13.5 Å². The number of hydrogen-bond donors (Lipinski definition) is 1. The van der Waals surface area contributed by atoms with Crippen LogP contribution in [0.25, 0.3) is 0 Å². The molecular weight excluding hydrogens is 276 g/mol. The lowest BCUT2D eigenvalue weighted by Crippen LogP contribution is -2.27. The first-order chi connectivity index (χ1) is 9.41. The van der Waals surface area contributed by atoms with E-state index in [0.29, 0.717) is 31.1 Å². The number of hydrogen-bond acceptors (Lipinski definition) is 4. The molecule has 1 N–H and O–H groups in total. The van der Waals surface area contributed by atoms with Gasteiger partial charge in [-0.15, -0.1) is 0 Å². The SMILES string of the molecule is CC(C)CCOc1ccc(S(=O)(=O)C2(CO)CC2)cc1. The zero-order valence-corrected chi connectivity index (χ0v) is 12.8. The fourth-order valence-corrected chi connectivity index (χ4v) is 3.83. The van der Waals surface area contributed by atoms with E-state index in [1.165, 1.54) is 0 Å². The molecule has 0 aromatic heterocycles. The van der Waals surface area contributed by atoms with Crippen LogP contribution in [0.4, 0.5) is 0 Å². The Balaban J connectivity index is 2.05. The molecule has 0 heterocycles. The van der Waals surface area contributed by atoms with Crippen LogP contribution in [-0.2, 0) is 9.84 Å². The van der Waals surface area contributed by atoms with Crippen molar-refractivity contribution in [2.45, 2.75) is 42.8 Å². The van der Waals surface area contributed by atoms with Crippen LogP contribution < -0.4 is 4.74 Å². The van der Waals surface area contributed by atoms with Gasteiger partial charge in [-0.2, -0.15) is 0 Å². The predicted molar refractivity (Wildman–Crippen MR) is 77.6 cm³/mol. The molecule has 0 saturated heterocycles. The van der Waals surface area contributed by atoms with Crippen molar-refractivity contribution in [1.29, 1.82) is 0 Å². The lowest BCUT2D eigenvalue weighted by atomic mass is 10.1. The first kappa shape index (κ1) is 15.3. The van der Waals surface area contributed by atoms with E-state index >= 15 is 0 Å². The van der Waals surface area contributed by atoms with Crippen LogP contribution in [0.15, 0.2) is 29.2 Å². The van der Waals surface area contributed by atoms with Gasteiger partial charge in [-0.25, -0.2) is 8.42 Å². The molecule has 0 aliphatic heterocycles. The van der Waals surface area contributed by atoms with Crippen molar-refractivity contribution in [2.75, 3.05) is 13.2 Å². The van der Waals surface area contributed by atoms with Crippen LogP contribution in [0.1, 0.15) is 33.1 Å². The molecular formula is C15H22O4S. The zero-order chi connectivity index (χ0) is 14.8. The number of sulfone groups is 1. The lowest BCUT2D eigenvalue weighted by molar-refractivity contribution is 0.283. The fourth-order valence-electron chi connectivity index (χ4n) is 2.03. The molecule has 112 valence electrons. The Bertz CT molecular complexity index is 542. The van der Waals surface area contributed by atoms with E-state index in [-0.39, 0.29) is 11.5 Å². The number of aliphatic hydroxyl groups is 1. The van der Waals surface area contributed by atoms with E-state index in [4.69, 9.17) is 4.74 Å². The quantitative estimate of drug-likeness (QED) is 0.839. The maximum atomic E-state index is 12.4. The summed E-state index contributed by atoms with van der Waals surface area (Å²) in [5.41, 5.74) is 0. The summed E-state index contributed by atoms with van der Waals surface area (Å²) in [5, 5.41) is 9.27. The van der Waals surface area contributed by atoms with Gasteiger partial charge in [-0.05, 0) is 49.4 Å². The van der Waals surface area contributed by atoms with E-state index < -0.39 is 14.6 Å². The van der Waals surface area contributed by atoms with Crippen molar-refractivity contribution in [3.63, 3.8) is 0 Å². The third kappa shape index (κ3) is 2.99. The molecule has 0 bridgehead atoms. The van der Waals surface area contributed by atoms with Gasteiger partial charge in [0.1, 0.15) is 5.75 Å². The van der Waals surface area contributed by atoms with Gasteiger partial charge in [-0.1, -0.05) is 13.8 Å². The topological polar surface area (TPSA) is 63.6 Å². The second-order valence-electron chi connectivity index (χ2n) is 5.85. The average Bonchev–Trinajstić information content (AvgIpc) is 3.20. The average molecular weight is 298 g/mol. The Kier molecular flexibility index (Phi) is 4.39. The Morgan fingerprint density at radius 3 is 2.30 bits per heavy atom. The maximum Gasteiger partial charge on any atom is 0.186 e. The van der Waals surface area contributed by atoms with Crippen molar-refractivity contribution >= 4 is 9.84 Å². The highest BCUT2D eigenvalue weighted by molar-refractivity contribution is 7.93. The molecule has 20 heavy (non-hydrogen) atoms. The fraction of sp³-hybridized carbons (Fsp3) is 0.600. The summed E-state index contributed by atoms with van der Waals surface area (Å²) < 4.78 is 29.4. The summed E-state index contributed by atoms with van der Waals surface area (Å²) in [7, 11) is -3.43.